The summed E-state index contributed by atoms with van der Waals surface area (Å²) >= 11 is 0. The molecule has 1 aromatic carbocycles. The van der Waals surface area contributed by atoms with Gasteiger partial charge in [-0.2, -0.15) is 0 Å². The van der Waals surface area contributed by atoms with Crippen LogP contribution in [0.5, 0.6) is 0 Å². The molecule has 1 nitrogen and oxygen atoms in total. The van der Waals surface area contributed by atoms with Gasteiger partial charge in [0.15, 0.2) is 0 Å². The van der Waals surface area contributed by atoms with Gasteiger partial charge in [-0.25, -0.2) is 0 Å². The van der Waals surface area contributed by atoms with Crippen LogP contribution in [0.15, 0.2) is 24.3 Å². The van der Waals surface area contributed by atoms with Gasteiger partial charge in [-0.1, -0.05) is 59.6 Å². The molecule has 1 N–H and O–H groups in total. The van der Waals surface area contributed by atoms with Crippen LogP contribution in [0.25, 0.3) is 0 Å². The van der Waals surface area contributed by atoms with Crippen molar-refractivity contribution in [3.63, 3.8) is 0 Å². The molecule has 18 heavy (non-hydrogen) atoms. The first-order valence-corrected chi connectivity index (χ1v) is 7.34. The molecule has 0 heterocycles. The largest absolute Gasteiger partial charge is 0.382 e. The third-order valence-electron chi connectivity index (χ3n) is 3.52. The Balaban J connectivity index is 2.62. The van der Waals surface area contributed by atoms with E-state index in [2.05, 4.69) is 64.2 Å². The van der Waals surface area contributed by atoms with E-state index in [4.69, 9.17) is 0 Å². The summed E-state index contributed by atoms with van der Waals surface area (Å²) in [6.07, 6.45) is 5.06. The highest BCUT2D eigenvalue weighted by Crippen LogP contribution is 2.24. The summed E-state index contributed by atoms with van der Waals surface area (Å²) in [6.45, 7) is 11.3. The molecule has 0 fully saturated rings. The van der Waals surface area contributed by atoms with Crippen LogP contribution in [0.3, 0.4) is 0 Å². The van der Waals surface area contributed by atoms with Crippen LogP contribution in [0.2, 0.25) is 0 Å². The van der Waals surface area contributed by atoms with E-state index in [0.29, 0.717) is 6.04 Å². The maximum atomic E-state index is 3.64. The number of nitrogens with one attached hydrogen (secondary N) is 1. The van der Waals surface area contributed by atoms with Crippen molar-refractivity contribution in [2.45, 2.75) is 71.8 Å². The molecular formula is C17H29N. The molecule has 0 aliphatic carbocycles. The molecule has 1 unspecified atom stereocenters. The monoisotopic (exact) mass is 247 g/mol. The maximum absolute atomic E-state index is 3.64. The Morgan fingerprint density at radius 3 is 2.11 bits per heavy atom. The van der Waals surface area contributed by atoms with Gasteiger partial charge in [0.1, 0.15) is 0 Å². The average molecular weight is 247 g/mol. The molecule has 1 rings (SSSR count). The zero-order chi connectivity index (χ0) is 13.6. The summed E-state index contributed by atoms with van der Waals surface area (Å²) in [6, 6.07) is 9.54. The number of benzene rings is 1. The Hall–Kier alpha value is -0.980. The van der Waals surface area contributed by atoms with Gasteiger partial charge in [0.2, 0.25) is 0 Å². The highest BCUT2D eigenvalue weighted by Gasteiger charge is 2.13. The lowest BCUT2D eigenvalue weighted by Gasteiger charge is -2.21. The topological polar surface area (TPSA) is 12.0 Å². The van der Waals surface area contributed by atoms with Gasteiger partial charge >= 0.3 is 0 Å². The molecule has 0 aliphatic rings. The molecule has 0 saturated carbocycles. The predicted molar refractivity (Wildman–Crippen MR) is 82.4 cm³/mol. The first kappa shape index (κ1) is 15.1. The van der Waals surface area contributed by atoms with E-state index in [1.807, 2.05) is 0 Å². The van der Waals surface area contributed by atoms with Crippen molar-refractivity contribution in [1.29, 1.82) is 0 Å². The third-order valence-corrected chi connectivity index (χ3v) is 3.52. The molecule has 102 valence electrons. The quantitative estimate of drug-likeness (QED) is 0.713. The fraction of sp³-hybridized carbons (Fsp3) is 0.647. The molecule has 0 bridgehead atoms. The molecule has 0 aliphatic heterocycles. The zero-order valence-electron chi connectivity index (χ0n) is 12.7. The molecule has 1 atom stereocenters. The minimum Gasteiger partial charge on any atom is -0.382 e. The second kappa shape index (κ2) is 6.82. The Bertz CT molecular complexity index is 332. The molecule has 1 heteroatoms. The first-order chi connectivity index (χ1) is 8.47. The lowest BCUT2D eigenvalue weighted by molar-refractivity contribution is 0.588. The molecule has 0 aromatic heterocycles. The normalized spacial score (nSPS) is 13.4. The summed E-state index contributed by atoms with van der Waals surface area (Å²) in [4.78, 5) is 0. The summed E-state index contributed by atoms with van der Waals surface area (Å²) in [7, 11) is 0. The molecule has 0 saturated heterocycles. The van der Waals surface area contributed by atoms with Crippen LogP contribution < -0.4 is 5.32 Å². The first-order valence-electron chi connectivity index (χ1n) is 7.34. The van der Waals surface area contributed by atoms with Crippen LogP contribution in [0.1, 0.15) is 65.9 Å². The van der Waals surface area contributed by atoms with E-state index in [1.54, 1.807) is 0 Å². The Morgan fingerprint density at radius 1 is 1.06 bits per heavy atom. The number of hydrogen-bond donors (Lipinski definition) is 1. The summed E-state index contributed by atoms with van der Waals surface area (Å²) in [5, 5.41) is 3.64. The Morgan fingerprint density at radius 2 is 1.67 bits per heavy atom. The van der Waals surface area contributed by atoms with Gasteiger partial charge in [-0.15, -0.1) is 0 Å². The molecule has 0 radical (unpaired) electrons. The second-order valence-electron chi connectivity index (χ2n) is 6.22. The minimum atomic E-state index is 0.241. The molecule has 1 aromatic rings. The van der Waals surface area contributed by atoms with Crippen LogP contribution in [0, 0.1) is 0 Å². The van der Waals surface area contributed by atoms with E-state index in [9.17, 15) is 0 Å². The Labute approximate surface area is 113 Å². The van der Waals surface area contributed by atoms with E-state index >= 15 is 0 Å². The fourth-order valence-electron chi connectivity index (χ4n) is 2.13. The van der Waals surface area contributed by atoms with E-state index in [-0.39, 0.29) is 5.41 Å². The van der Waals surface area contributed by atoms with Crippen LogP contribution in [0.4, 0.5) is 5.69 Å². The number of rotatable bonds is 6. The van der Waals surface area contributed by atoms with Gasteiger partial charge < -0.3 is 5.32 Å². The molecule has 0 spiro atoms. The lowest BCUT2D eigenvalue weighted by Crippen LogP contribution is -2.18. The van der Waals surface area contributed by atoms with Gasteiger partial charge in [0.25, 0.3) is 0 Å². The SMILES string of the molecule is CCCCC(CC)Nc1ccc(C(C)(C)C)cc1. The van der Waals surface area contributed by atoms with Crippen molar-refractivity contribution >= 4 is 5.69 Å². The van der Waals surface area contributed by atoms with Gasteiger partial charge in [0, 0.05) is 11.7 Å². The summed E-state index contributed by atoms with van der Waals surface area (Å²) in [5.41, 5.74) is 2.89. The van der Waals surface area contributed by atoms with Crippen molar-refractivity contribution < 1.29 is 0 Å². The minimum absolute atomic E-state index is 0.241. The zero-order valence-corrected chi connectivity index (χ0v) is 12.7. The lowest BCUT2D eigenvalue weighted by atomic mass is 9.87. The van der Waals surface area contributed by atoms with Gasteiger partial charge in [-0.3, -0.25) is 0 Å². The van der Waals surface area contributed by atoms with Crippen LogP contribution >= 0.6 is 0 Å². The van der Waals surface area contributed by atoms with Crippen molar-refractivity contribution in [3.05, 3.63) is 29.8 Å². The van der Waals surface area contributed by atoms with Crippen molar-refractivity contribution in [2.24, 2.45) is 0 Å². The third kappa shape index (κ3) is 4.72. The number of hydrogen-bond acceptors (Lipinski definition) is 1. The summed E-state index contributed by atoms with van der Waals surface area (Å²) in [5.74, 6) is 0. The standard InChI is InChI=1S/C17H29N/c1-6-8-9-15(7-2)18-16-12-10-14(11-13-16)17(3,4)5/h10-13,15,18H,6-9H2,1-5H3. The van der Waals surface area contributed by atoms with Crippen LogP contribution in [-0.4, -0.2) is 6.04 Å². The summed E-state index contributed by atoms with van der Waals surface area (Å²) < 4.78 is 0. The highest BCUT2D eigenvalue weighted by atomic mass is 14.9. The second-order valence-corrected chi connectivity index (χ2v) is 6.22. The van der Waals surface area contributed by atoms with E-state index in [1.165, 1.54) is 36.9 Å². The molecule has 0 amide bonds. The number of unbranched alkanes of at least 4 members (excludes halogenated alkanes) is 1. The fourth-order valence-corrected chi connectivity index (χ4v) is 2.13. The van der Waals surface area contributed by atoms with Crippen molar-refractivity contribution in [1.82, 2.24) is 0 Å². The van der Waals surface area contributed by atoms with Gasteiger partial charge in [0.05, 0.1) is 0 Å². The highest BCUT2D eigenvalue weighted by molar-refractivity contribution is 5.46. The predicted octanol–water partition coefficient (Wildman–Crippen LogP) is 5.36. The van der Waals surface area contributed by atoms with Crippen LogP contribution in [-0.2, 0) is 5.41 Å². The number of anilines is 1. The van der Waals surface area contributed by atoms with E-state index in [0.717, 1.165) is 0 Å². The van der Waals surface area contributed by atoms with Crippen molar-refractivity contribution in [2.75, 3.05) is 5.32 Å². The average Bonchev–Trinajstić information content (AvgIpc) is 2.34. The van der Waals surface area contributed by atoms with E-state index < -0.39 is 0 Å². The smallest absolute Gasteiger partial charge is 0.0342 e. The van der Waals surface area contributed by atoms with Crippen molar-refractivity contribution in [3.8, 4) is 0 Å². The Kier molecular flexibility index (Phi) is 5.71. The van der Waals surface area contributed by atoms with Gasteiger partial charge in [-0.05, 0) is 36.0 Å². The maximum Gasteiger partial charge on any atom is 0.0342 e. The molecular weight excluding hydrogens is 218 g/mol.